The van der Waals surface area contributed by atoms with Gasteiger partial charge in [-0.2, -0.15) is 10.2 Å². The van der Waals surface area contributed by atoms with Crippen molar-refractivity contribution in [3.63, 3.8) is 0 Å². The molecule has 2 aromatic heterocycles. The van der Waals surface area contributed by atoms with E-state index >= 15 is 0 Å². The van der Waals surface area contributed by atoms with E-state index in [1.54, 1.807) is 42.4 Å². The summed E-state index contributed by atoms with van der Waals surface area (Å²) in [5.74, 6) is -1.85. The van der Waals surface area contributed by atoms with Crippen LogP contribution in [0.3, 0.4) is 0 Å². The largest absolute Gasteiger partial charge is 0.385 e. The molecule has 5 aliphatic rings. The number of fused-ring (bicyclic) bond motifs is 3. The summed E-state index contributed by atoms with van der Waals surface area (Å²) < 4.78 is 39.1. The van der Waals surface area contributed by atoms with Crippen molar-refractivity contribution >= 4 is 52.8 Å². The molecule has 0 aliphatic carbocycles. The molecule has 5 aliphatic heterocycles. The van der Waals surface area contributed by atoms with Gasteiger partial charge in [0.15, 0.2) is 5.82 Å². The molecule has 7 heterocycles. The second-order valence-electron chi connectivity index (χ2n) is 17.0. The Kier molecular flexibility index (Phi) is 12.3. The first-order valence-electron chi connectivity index (χ1n) is 22.2. The molecule has 18 nitrogen and oxygen atoms in total. The Bertz CT molecular complexity index is 2550. The maximum absolute atomic E-state index is 15.0. The molecule has 2 aromatic carbocycles. The molecular weight excluding hydrogens is 845 g/mol. The lowest BCUT2D eigenvalue weighted by Gasteiger charge is -2.33. The number of rotatable bonds is 13. The minimum atomic E-state index is -2.79. The third-order valence-corrected chi connectivity index (χ3v) is 12.9. The monoisotopic (exact) mass is 895 g/mol. The molecule has 2 fully saturated rings. The van der Waals surface area contributed by atoms with Gasteiger partial charge in [-0.3, -0.25) is 43.6 Å². The third kappa shape index (κ3) is 8.65. The van der Waals surface area contributed by atoms with Crippen molar-refractivity contribution in [1.29, 1.82) is 0 Å². The highest BCUT2D eigenvalue weighted by Crippen LogP contribution is 2.44. The number of hydrogen-bond acceptors (Lipinski definition) is 11. The summed E-state index contributed by atoms with van der Waals surface area (Å²) in [7, 11) is 1.61. The van der Waals surface area contributed by atoms with Gasteiger partial charge in [0.2, 0.25) is 17.7 Å². The minimum absolute atomic E-state index is 0.0418. The van der Waals surface area contributed by atoms with Gasteiger partial charge in [0.25, 0.3) is 18.2 Å². The molecule has 7 amide bonds. The quantitative estimate of drug-likeness (QED) is 0.111. The van der Waals surface area contributed by atoms with Crippen molar-refractivity contribution in [2.45, 2.75) is 89.4 Å². The molecule has 1 atom stereocenters. The molecular formula is C45H51F2N11O7. The van der Waals surface area contributed by atoms with Gasteiger partial charge in [0.1, 0.15) is 12.6 Å². The molecule has 4 aromatic rings. The van der Waals surface area contributed by atoms with Crippen molar-refractivity contribution in [2.75, 3.05) is 56.7 Å². The van der Waals surface area contributed by atoms with Crippen molar-refractivity contribution in [3.8, 4) is 11.1 Å². The van der Waals surface area contributed by atoms with E-state index in [2.05, 4.69) is 31.0 Å². The smallest absolute Gasteiger partial charge is 0.317 e. The Balaban J connectivity index is 0.812. The lowest BCUT2D eigenvalue weighted by molar-refractivity contribution is -0.136. The molecule has 342 valence electrons. The van der Waals surface area contributed by atoms with E-state index in [4.69, 9.17) is 9.84 Å². The van der Waals surface area contributed by atoms with E-state index in [0.717, 1.165) is 41.0 Å². The summed E-state index contributed by atoms with van der Waals surface area (Å²) in [5.41, 5.74) is 5.27. The fraction of sp³-hybridized carbons (Fsp3) is 0.467. The van der Waals surface area contributed by atoms with Gasteiger partial charge in [-0.25, -0.2) is 13.6 Å². The fourth-order valence-electron chi connectivity index (χ4n) is 9.59. The average Bonchev–Trinajstić information content (AvgIpc) is 4.00. The number of anilines is 3. The molecule has 2 saturated heterocycles. The molecule has 0 bridgehead atoms. The molecule has 65 heavy (non-hydrogen) atoms. The van der Waals surface area contributed by atoms with E-state index in [9.17, 15) is 37.5 Å². The zero-order valence-corrected chi connectivity index (χ0v) is 36.0. The number of alkyl halides is 2. The number of piperidine rings is 1. The second-order valence-corrected chi connectivity index (χ2v) is 17.0. The zero-order valence-electron chi connectivity index (χ0n) is 36.0. The van der Waals surface area contributed by atoms with E-state index in [1.807, 2.05) is 11.0 Å². The third-order valence-electron chi connectivity index (χ3n) is 12.9. The number of aryl methyl sites for hydroxylation is 1. The Hall–Kier alpha value is -6.70. The number of amides is 7. The number of imide groups is 2. The number of ether oxygens (including phenoxy) is 1. The summed E-state index contributed by atoms with van der Waals surface area (Å²) in [5, 5.41) is 20.5. The summed E-state index contributed by atoms with van der Waals surface area (Å²) in [6.45, 7) is 3.57. The van der Waals surface area contributed by atoms with Crippen molar-refractivity contribution in [3.05, 3.63) is 76.2 Å². The number of urea groups is 1. The number of unbranched alkanes of at least 4 members (excludes halogenated alkanes) is 1. The maximum atomic E-state index is 15.0. The van der Waals surface area contributed by atoms with Crippen LogP contribution in [-0.4, -0.2) is 117 Å². The van der Waals surface area contributed by atoms with Gasteiger partial charge in [0.05, 0.1) is 29.9 Å². The summed E-state index contributed by atoms with van der Waals surface area (Å²) in [4.78, 5) is 80.4. The van der Waals surface area contributed by atoms with Crippen LogP contribution < -0.4 is 26.2 Å². The zero-order chi connectivity index (χ0) is 45.4. The summed E-state index contributed by atoms with van der Waals surface area (Å²) in [6.07, 6.45) is 5.47. The number of halogens is 2. The van der Waals surface area contributed by atoms with Crippen molar-refractivity contribution in [2.24, 2.45) is 0 Å². The Morgan fingerprint density at radius 1 is 0.938 bits per heavy atom. The number of carbonyl (C=O) groups is 6. The second kappa shape index (κ2) is 18.4. The van der Waals surface area contributed by atoms with E-state index < -0.39 is 36.1 Å². The molecule has 0 radical (unpaired) electrons. The molecule has 4 N–H and O–H groups in total. The maximum Gasteiger partial charge on any atom is 0.317 e. The van der Waals surface area contributed by atoms with Crippen LogP contribution in [0, 0.1) is 0 Å². The van der Waals surface area contributed by atoms with Crippen LogP contribution in [-0.2, 0) is 45.1 Å². The minimum Gasteiger partial charge on any atom is -0.385 e. The normalized spacial score (nSPS) is 18.7. The Morgan fingerprint density at radius 3 is 2.52 bits per heavy atom. The first kappa shape index (κ1) is 43.5. The topological polar surface area (TPSA) is 205 Å². The lowest BCUT2D eigenvalue weighted by Crippen LogP contribution is -2.54. The van der Waals surface area contributed by atoms with Gasteiger partial charge in [-0.05, 0) is 86.4 Å². The van der Waals surface area contributed by atoms with Crippen LogP contribution in [0.15, 0.2) is 42.7 Å². The van der Waals surface area contributed by atoms with Crippen LogP contribution in [0.4, 0.5) is 30.8 Å². The van der Waals surface area contributed by atoms with Crippen molar-refractivity contribution < 1.29 is 42.3 Å². The number of carbonyl (C=O) groups excluding carboxylic acids is 6. The number of hydrogen-bond donors (Lipinski definition) is 4. The van der Waals surface area contributed by atoms with Gasteiger partial charge in [0, 0.05) is 99.2 Å². The standard InChI is InChI=1S/C45H51F2N11O7/c1-48-45(64)54-16-10-35-34(24-54)41(53-58(35)29-11-17-65-18-12-29)56-15-4-5-26-19-31(32(40(46)47)21-37(26)56)27-22-51-55(23-27)25-39(60)50-14-3-2-13-49-28-6-7-30-33(20-28)44(63)57(43(30)62)36-8-9-38(59)52-42(36)61/h6-7,19-23,29,36,40,49H,2-5,8-18,24-25H2,1H3,(H,48,64)(H,50,60)(H,52,59,61). The van der Waals surface area contributed by atoms with Crippen LogP contribution >= 0.6 is 0 Å². The van der Waals surface area contributed by atoms with Crippen LogP contribution in [0.2, 0.25) is 0 Å². The van der Waals surface area contributed by atoms with Gasteiger partial charge in [-0.15, -0.1) is 0 Å². The highest BCUT2D eigenvalue weighted by Gasteiger charge is 2.45. The fourth-order valence-corrected chi connectivity index (χ4v) is 9.59. The average molecular weight is 896 g/mol. The molecule has 9 rings (SSSR count). The summed E-state index contributed by atoms with van der Waals surface area (Å²) >= 11 is 0. The number of nitrogens with zero attached hydrogens (tertiary/aromatic N) is 7. The van der Waals surface area contributed by atoms with Gasteiger partial charge >= 0.3 is 6.03 Å². The predicted octanol–water partition coefficient (Wildman–Crippen LogP) is 4.23. The van der Waals surface area contributed by atoms with Crippen LogP contribution in [0.1, 0.15) is 101 Å². The SMILES string of the molecule is CNC(=O)N1CCc2c(c(N3CCCc4cc(-c5cnn(CC(=O)NCCCCNc6ccc7c(c6)C(=O)N(C6CCC(=O)NC6=O)C7=O)c5)c(C(F)F)cc43)nn2C2CCOCC2)C1. The highest BCUT2D eigenvalue weighted by atomic mass is 19.3. The Morgan fingerprint density at radius 2 is 1.74 bits per heavy atom. The van der Waals surface area contributed by atoms with E-state index in [0.29, 0.717) is 99.9 Å². The predicted molar refractivity (Wildman–Crippen MR) is 232 cm³/mol. The molecule has 1 unspecified atom stereocenters. The van der Waals surface area contributed by atoms with Crippen LogP contribution in [0.5, 0.6) is 0 Å². The molecule has 0 spiro atoms. The van der Waals surface area contributed by atoms with E-state index in [1.165, 1.54) is 10.9 Å². The Labute approximate surface area is 373 Å². The highest BCUT2D eigenvalue weighted by molar-refractivity contribution is 6.23. The molecule has 0 saturated carbocycles. The van der Waals surface area contributed by atoms with Crippen molar-refractivity contribution in [1.82, 2.24) is 45.3 Å². The number of benzene rings is 2. The summed E-state index contributed by atoms with van der Waals surface area (Å²) in [6, 6.07) is 7.12. The first-order chi connectivity index (χ1) is 31.5. The van der Waals surface area contributed by atoms with Gasteiger partial charge < -0.3 is 30.5 Å². The number of nitrogens with one attached hydrogen (secondary N) is 4. The van der Waals surface area contributed by atoms with E-state index in [-0.39, 0.29) is 54.1 Å². The van der Waals surface area contributed by atoms with Crippen LogP contribution in [0.25, 0.3) is 11.1 Å². The number of aromatic nitrogens is 4. The van der Waals surface area contributed by atoms with Gasteiger partial charge in [-0.1, -0.05) is 0 Å². The lowest BCUT2D eigenvalue weighted by atomic mass is 9.92. The molecule has 20 heteroatoms. The first-order valence-corrected chi connectivity index (χ1v) is 22.2.